The second kappa shape index (κ2) is 15.4. The Hall–Kier alpha value is -5.04. The van der Waals surface area contributed by atoms with Crippen molar-refractivity contribution in [3.63, 3.8) is 0 Å². The van der Waals surface area contributed by atoms with Crippen LogP contribution < -0.4 is 18.6 Å². The van der Waals surface area contributed by atoms with E-state index >= 15 is 0 Å². The van der Waals surface area contributed by atoms with Crippen molar-refractivity contribution in [1.82, 2.24) is 29.1 Å². The van der Waals surface area contributed by atoms with Crippen LogP contribution in [0.25, 0.3) is 44.8 Å². The molecule has 12 heteroatoms. The van der Waals surface area contributed by atoms with Crippen LogP contribution in [-0.2, 0) is 53.2 Å². The van der Waals surface area contributed by atoms with Gasteiger partial charge in [0.2, 0.25) is 12.7 Å². The second-order valence-electron chi connectivity index (χ2n) is 14.2. The molecule has 0 fully saturated rings. The van der Waals surface area contributed by atoms with Gasteiger partial charge in [-0.15, -0.1) is 35.7 Å². The monoisotopic (exact) mass is 1070 g/mol. The maximum Gasteiger partial charge on any atom is 0.243 e. The van der Waals surface area contributed by atoms with Crippen molar-refractivity contribution in [2.45, 2.75) is 52.6 Å². The minimum atomic E-state index is -0.173. The van der Waals surface area contributed by atoms with E-state index in [0.717, 1.165) is 22.1 Å². The molecule has 0 radical (unpaired) electrons. The first-order valence-electron chi connectivity index (χ1n) is 16.8. The Labute approximate surface area is 343 Å². The van der Waals surface area contributed by atoms with Crippen LogP contribution in [0.15, 0.2) is 97.8 Å². The van der Waals surface area contributed by atoms with Gasteiger partial charge in [0, 0.05) is 65.1 Å². The number of para-hydroxylation sites is 4. The number of nitrogens with zero attached hydrogens (tertiary/aromatic N) is 8. The zero-order valence-corrected chi connectivity index (χ0v) is 34.8. The third-order valence-electron chi connectivity index (χ3n) is 8.24. The van der Waals surface area contributed by atoms with E-state index in [1.165, 1.54) is 0 Å². The van der Waals surface area contributed by atoms with Crippen LogP contribution in [0.5, 0.6) is 23.0 Å². The second-order valence-corrected chi connectivity index (χ2v) is 14.2. The molecule has 2 aromatic carbocycles. The Balaban J connectivity index is 0.00000249. The molecule has 0 unspecified atom stereocenters. The molecule has 54 heavy (non-hydrogen) atoms. The molecule has 0 bridgehead atoms. The first kappa shape index (κ1) is 38.7. The van der Waals surface area contributed by atoms with E-state index in [1.807, 2.05) is 33.4 Å². The van der Waals surface area contributed by atoms with Gasteiger partial charge >= 0.3 is 0 Å². The van der Waals surface area contributed by atoms with Gasteiger partial charge < -0.3 is 47.7 Å². The molecule has 0 saturated carbocycles. The number of hydrogen-bond donors (Lipinski definition) is 0. The van der Waals surface area contributed by atoms with Crippen molar-refractivity contribution < 1.29 is 60.7 Å². The predicted molar refractivity (Wildman–Crippen MR) is 193 cm³/mol. The van der Waals surface area contributed by atoms with Crippen LogP contribution in [0.3, 0.4) is 0 Å². The van der Waals surface area contributed by atoms with Gasteiger partial charge in [0.15, 0.2) is 0 Å². The van der Waals surface area contributed by atoms with Crippen molar-refractivity contribution in [1.29, 1.82) is 0 Å². The molecule has 0 spiro atoms. The molecular weight excluding hydrogens is 1040 g/mol. The Morgan fingerprint density at radius 1 is 0.519 bits per heavy atom. The Morgan fingerprint density at radius 2 is 0.926 bits per heavy atom. The minimum absolute atomic E-state index is 0. The molecular formula is C42H34N8O2Pt2-4. The average Bonchev–Trinajstić information content (AvgIpc) is 3.73. The van der Waals surface area contributed by atoms with Crippen molar-refractivity contribution >= 4 is 22.1 Å². The molecule has 0 N–H and O–H groups in total. The van der Waals surface area contributed by atoms with E-state index in [1.54, 1.807) is 49.3 Å². The summed E-state index contributed by atoms with van der Waals surface area (Å²) in [5, 5.41) is 0. The normalized spacial score (nSPS) is 11.6. The first-order chi connectivity index (χ1) is 25.0. The van der Waals surface area contributed by atoms with E-state index in [-0.39, 0.29) is 53.2 Å². The molecule has 6 heterocycles. The molecule has 0 aliphatic carbocycles. The van der Waals surface area contributed by atoms with E-state index in [2.05, 4.69) is 132 Å². The molecule has 10 nitrogen and oxygen atoms in total. The van der Waals surface area contributed by atoms with E-state index in [0.29, 0.717) is 45.8 Å². The van der Waals surface area contributed by atoms with Crippen molar-refractivity contribution in [3.05, 3.63) is 135 Å². The van der Waals surface area contributed by atoms with E-state index in [9.17, 15) is 0 Å². The molecule has 8 aromatic rings. The van der Waals surface area contributed by atoms with Crippen LogP contribution in [0.2, 0.25) is 0 Å². The minimum Gasteiger partial charge on any atom is -0.509 e. The number of fused-ring (bicyclic) bond motifs is 2. The summed E-state index contributed by atoms with van der Waals surface area (Å²) in [6.07, 6.45) is 16.9. The summed E-state index contributed by atoms with van der Waals surface area (Å²) < 4.78 is 20.5. The molecule has 0 aliphatic heterocycles. The summed E-state index contributed by atoms with van der Waals surface area (Å²) in [4.78, 5) is 17.8. The van der Waals surface area contributed by atoms with Crippen molar-refractivity contribution in [2.24, 2.45) is 0 Å². The molecule has 6 aromatic heterocycles. The number of rotatable bonds is 7. The maximum absolute atomic E-state index is 6.18. The van der Waals surface area contributed by atoms with Crippen molar-refractivity contribution in [2.75, 3.05) is 0 Å². The van der Waals surface area contributed by atoms with Crippen LogP contribution in [0.1, 0.15) is 41.5 Å². The average molecular weight is 1070 g/mol. The van der Waals surface area contributed by atoms with Gasteiger partial charge in [-0.25, -0.2) is 0 Å². The zero-order valence-electron chi connectivity index (χ0n) is 30.3. The number of imidazole rings is 2. The van der Waals surface area contributed by atoms with Gasteiger partial charge in [-0.05, 0) is 77.7 Å². The quantitative estimate of drug-likeness (QED) is 0.123. The smallest absolute Gasteiger partial charge is 0.243 e. The number of hydrogen-bond acceptors (Lipinski definition) is 6. The number of benzene rings is 2. The summed E-state index contributed by atoms with van der Waals surface area (Å²) in [5.41, 5.74) is 5.98. The largest absolute Gasteiger partial charge is 0.509 e. The zero-order chi connectivity index (χ0) is 36.0. The van der Waals surface area contributed by atoms with Gasteiger partial charge in [0.25, 0.3) is 0 Å². The first-order valence-corrected chi connectivity index (χ1v) is 16.8. The summed E-state index contributed by atoms with van der Waals surface area (Å²) in [5.74, 6) is 1.66. The topological polar surface area (TPSA) is 87.6 Å². The Morgan fingerprint density at radius 3 is 1.33 bits per heavy atom. The Kier molecular flexibility index (Phi) is 11.0. The summed E-state index contributed by atoms with van der Waals surface area (Å²) in [6, 6.07) is 32.8. The third-order valence-corrected chi connectivity index (χ3v) is 8.24. The maximum atomic E-state index is 6.18. The molecule has 0 atom stereocenters. The summed E-state index contributed by atoms with van der Waals surface area (Å²) in [6.45, 7) is 12.9. The van der Waals surface area contributed by atoms with E-state index < -0.39 is 0 Å². The molecule has 0 amide bonds. The summed E-state index contributed by atoms with van der Waals surface area (Å²) in [7, 11) is 0. The molecule has 0 saturated heterocycles. The van der Waals surface area contributed by atoms with Gasteiger partial charge in [-0.1, -0.05) is 60.9 Å². The standard InChI is InChI=1S/C42H34N8O2.2Pt/c1-41(2,3)49-27-47(37-11-7-9-13-39(37)49)29-19-33(25-43-23-29)51-31-15-17-45-35(21-31)36-22-32(16-18-46-36)52-34-20-30(24-44-26-34)48-28-50(42(4,5)6)40-14-10-8-12-38(40)48;;/h7-18,23-26H,1-6H3;;/q-4;;. The predicted octanol–water partition coefficient (Wildman–Crippen LogP) is 7.29. The van der Waals surface area contributed by atoms with Gasteiger partial charge in [-0.2, -0.15) is 12.1 Å². The van der Waals surface area contributed by atoms with Gasteiger partial charge in [0.05, 0.1) is 33.1 Å². The molecule has 0 aliphatic rings. The SMILES string of the molecule is CC(C)(C)n1[c-][n+](-c2[c-]c(Oc3[c-]c(-c4[c-]c(Oc5[c-]c(-[n+]6[c-]n(C(C)(C)C)c7ccccc76)cnc5)ccn4)ncc3)cnc2)c2ccccc21.[Pt].[Pt]. The Bertz CT molecular complexity index is 2410. The molecule has 278 valence electrons. The third kappa shape index (κ3) is 7.77. The van der Waals surface area contributed by atoms with Gasteiger partial charge in [-0.3, -0.25) is 0 Å². The fourth-order valence-corrected chi connectivity index (χ4v) is 5.89. The number of aromatic nitrogens is 8. The van der Waals surface area contributed by atoms with Crippen LogP contribution in [-0.4, -0.2) is 29.1 Å². The summed E-state index contributed by atoms with van der Waals surface area (Å²) >= 11 is 0. The molecule has 8 rings (SSSR count). The van der Waals surface area contributed by atoms with Gasteiger partial charge in [0.1, 0.15) is 0 Å². The van der Waals surface area contributed by atoms with Crippen LogP contribution in [0, 0.1) is 36.9 Å². The fourth-order valence-electron chi connectivity index (χ4n) is 5.89. The van der Waals surface area contributed by atoms with Crippen LogP contribution >= 0.6 is 0 Å². The van der Waals surface area contributed by atoms with Crippen molar-refractivity contribution in [3.8, 4) is 45.8 Å². The number of ether oxygens (including phenoxy) is 2. The van der Waals surface area contributed by atoms with E-state index in [4.69, 9.17) is 9.47 Å². The number of pyridine rings is 4. The fraction of sp³-hybridized carbons (Fsp3) is 0.190. The van der Waals surface area contributed by atoms with Crippen LogP contribution in [0.4, 0.5) is 0 Å².